The number of carbonyl (C=O) groups excluding carboxylic acids is 3. The van der Waals surface area contributed by atoms with Gasteiger partial charge in [0.1, 0.15) is 18.5 Å². The van der Waals surface area contributed by atoms with Crippen LogP contribution in [-0.4, -0.2) is 46.1 Å². The molecule has 0 spiro atoms. The summed E-state index contributed by atoms with van der Waals surface area (Å²) < 4.78 is 4.96. The number of allylic oxidation sites excluding steroid dienone is 1. The first-order valence-electron chi connectivity index (χ1n) is 10.8. The van der Waals surface area contributed by atoms with Gasteiger partial charge in [-0.2, -0.15) is 0 Å². The zero-order valence-electron chi connectivity index (χ0n) is 17.6. The van der Waals surface area contributed by atoms with E-state index in [1.165, 1.54) is 6.92 Å². The van der Waals surface area contributed by atoms with Gasteiger partial charge in [-0.1, -0.05) is 19.4 Å². The first-order valence-corrected chi connectivity index (χ1v) is 10.8. The third-order valence-corrected chi connectivity index (χ3v) is 8.87. The Kier molecular flexibility index (Phi) is 4.82. The smallest absolute Gasteiger partial charge is 0.302 e. The Morgan fingerprint density at radius 3 is 2.66 bits per heavy atom. The lowest BCUT2D eigenvalue weighted by atomic mass is 9.45. The van der Waals surface area contributed by atoms with Crippen LogP contribution in [0.4, 0.5) is 0 Å². The number of fused-ring (bicyclic) bond motifs is 5. The van der Waals surface area contributed by atoms with E-state index in [0.717, 1.165) is 24.8 Å². The molecule has 6 heteroatoms. The second kappa shape index (κ2) is 6.74. The van der Waals surface area contributed by atoms with E-state index in [9.17, 15) is 24.6 Å². The monoisotopic (exact) mass is 404 g/mol. The molecular formula is C23H32O6. The van der Waals surface area contributed by atoms with Crippen molar-refractivity contribution in [3.63, 3.8) is 0 Å². The molecule has 0 amide bonds. The molecule has 160 valence electrons. The van der Waals surface area contributed by atoms with Crippen LogP contribution in [0.1, 0.15) is 65.7 Å². The van der Waals surface area contributed by atoms with Gasteiger partial charge in [0.15, 0.2) is 5.78 Å². The van der Waals surface area contributed by atoms with Crippen LogP contribution in [0.2, 0.25) is 0 Å². The Morgan fingerprint density at radius 2 is 1.97 bits per heavy atom. The third kappa shape index (κ3) is 2.86. The highest BCUT2D eigenvalue weighted by atomic mass is 16.5. The number of aliphatic hydroxyl groups excluding tert-OH is 1. The number of ketones is 2. The van der Waals surface area contributed by atoms with Gasteiger partial charge in [0, 0.05) is 31.1 Å². The van der Waals surface area contributed by atoms with Crippen molar-refractivity contribution < 1.29 is 29.3 Å². The maximum atomic E-state index is 13.5. The van der Waals surface area contributed by atoms with E-state index in [-0.39, 0.29) is 47.8 Å². The molecule has 3 saturated carbocycles. The molecule has 4 aliphatic rings. The Labute approximate surface area is 171 Å². The van der Waals surface area contributed by atoms with E-state index in [1.807, 2.05) is 6.92 Å². The van der Waals surface area contributed by atoms with Crippen molar-refractivity contribution in [1.29, 1.82) is 0 Å². The highest BCUT2D eigenvalue weighted by Gasteiger charge is 2.68. The molecule has 0 saturated heterocycles. The van der Waals surface area contributed by atoms with Gasteiger partial charge in [0.05, 0.1) is 5.60 Å². The van der Waals surface area contributed by atoms with Crippen LogP contribution >= 0.6 is 0 Å². The second-order valence-electron chi connectivity index (χ2n) is 10.2. The molecule has 0 aromatic rings. The van der Waals surface area contributed by atoms with Crippen molar-refractivity contribution in [2.45, 2.75) is 77.4 Å². The molecule has 6 nitrogen and oxygen atoms in total. The minimum absolute atomic E-state index is 0.123. The van der Waals surface area contributed by atoms with Crippen molar-refractivity contribution in [3.8, 4) is 0 Å². The summed E-state index contributed by atoms with van der Waals surface area (Å²) in [5.41, 5.74) is -1.35. The molecule has 0 bridgehead atoms. The van der Waals surface area contributed by atoms with Gasteiger partial charge in [0.25, 0.3) is 0 Å². The van der Waals surface area contributed by atoms with Crippen molar-refractivity contribution in [2.75, 3.05) is 6.61 Å². The normalized spacial score (nSPS) is 45.0. The number of ether oxygens (including phenoxy) is 1. The van der Waals surface area contributed by atoms with Gasteiger partial charge in [-0.15, -0.1) is 0 Å². The molecule has 0 aliphatic heterocycles. The van der Waals surface area contributed by atoms with Crippen molar-refractivity contribution in [1.82, 2.24) is 0 Å². The lowest BCUT2D eigenvalue weighted by molar-refractivity contribution is -0.192. The molecule has 2 N–H and O–H groups in total. The average Bonchev–Trinajstić information content (AvgIpc) is 2.91. The second-order valence-corrected chi connectivity index (χ2v) is 10.2. The summed E-state index contributed by atoms with van der Waals surface area (Å²) in [6.07, 6.45) is 4.76. The zero-order valence-corrected chi connectivity index (χ0v) is 17.6. The number of aliphatic hydroxyl groups is 2. The van der Waals surface area contributed by atoms with Crippen molar-refractivity contribution in [2.24, 2.45) is 28.6 Å². The third-order valence-electron chi connectivity index (χ3n) is 8.87. The molecule has 4 aliphatic carbocycles. The minimum atomic E-state index is -1.45. The van der Waals surface area contributed by atoms with Gasteiger partial charge >= 0.3 is 5.97 Å². The molecule has 0 radical (unpaired) electrons. The molecule has 3 fully saturated rings. The lowest BCUT2D eigenvalue weighted by Gasteiger charge is -2.58. The van der Waals surface area contributed by atoms with Crippen LogP contribution < -0.4 is 0 Å². The fraction of sp³-hybridized carbons (Fsp3) is 0.783. The Morgan fingerprint density at radius 1 is 1.24 bits per heavy atom. The van der Waals surface area contributed by atoms with Crippen LogP contribution in [0.5, 0.6) is 0 Å². The van der Waals surface area contributed by atoms with Gasteiger partial charge in [-0.25, -0.2) is 0 Å². The molecule has 0 aromatic carbocycles. The molecular weight excluding hydrogens is 372 g/mol. The van der Waals surface area contributed by atoms with Gasteiger partial charge in [-0.05, 0) is 55.4 Å². The molecule has 0 heterocycles. The highest BCUT2D eigenvalue weighted by molar-refractivity contribution is 5.93. The van der Waals surface area contributed by atoms with Crippen molar-refractivity contribution in [3.05, 3.63) is 11.6 Å². The van der Waals surface area contributed by atoms with Crippen molar-refractivity contribution >= 4 is 17.5 Å². The molecule has 0 aromatic heterocycles. The predicted molar refractivity (Wildman–Crippen MR) is 105 cm³/mol. The van der Waals surface area contributed by atoms with E-state index in [0.29, 0.717) is 19.3 Å². The van der Waals surface area contributed by atoms with Crippen LogP contribution in [0.15, 0.2) is 11.6 Å². The summed E-state index contributed by atoms with van der Waals surface area (Å²) in [5, 5.41) is 22.2. The number of hydrogen-bond donors (Lipinski definition) is 2. The summed E-state index contributed by atoms with van der Waals surface area (Å²) in [6, 6.07) is 0. The van der Waals surface area contributed by atoms with E-state index in [4.69, 9.17) is 4.74 Å². The largest absolute Gasteiger partial charge is 0.463 e. The summed E-state index contributed by atoms with van der Waals surface area (Å²) in [5.74, 6) is -0.0612. The predicted octanol–water partition coefficient (Wildman–Crippen LogP) is 2.35. The summed E-state index contributed by atoms with van der Waals surface area (Å²) in [6.45, 7) is 5.07. The van der Waals surface area contributed by atoms with E-state index >= 15 is 0 Å². The lowest BCUT2D eigenvalue weighted by Crippen LogP contribution is -2.62. The first-order chi connectivity index (χ1) is 13.5. The van der Waals surface area contributed by atoms with Crippen LogP contribution in [0.3, 0.4) is 0 Å². The van der Waals surface area contributed by atoms with Gasteiger partial charge < -0.3 is 14.9 Å². The van der Waals surface area contributed by atoms with Crippen LogP contribution in [0.25, 0.3) is 0 Å². The Hall–Kier alpha value is -1.53. The Bertz CT molecular complexity index is 786. The molecule has 29 heavy (non-hydrogen) atoms. The average molecular weight is 405 g/mol. The first kappa shape index (κ1) is 20.7. The molecule has 7 atom stereocenters. The quantitative estimate of drug-likeness (QED) is 0.701. The van der Waals surface area contributed by atoms with E-state index in [1.54, 1.807) is 6.08 Å². The Balaban J connectivity index is 1.66. The number of esters is 1. The topological polar surface area (TPSA) is 101 Å². The fourth-order valence-corrected chi connectivity index (χ4v) is 7.30. The number of carbonyl (C=O) groups is 3. The summed E-state index contributed by atoms with van der Waals surface area (Å²) in [4.78, 5) is 36.6. The SMILES string of the molecule is CC(=O)OC[C@@H](O)[C@]1(O)CC[C@@H]2[C@H]3CCC4=CC(=O)CC[C@]4(C)[C@@H]3C(=O)C[C@]21C. The van der Waals surface area contributed by atoms with Gasteiger partial charge in [0.2, 0.25) is 0 Å². The number of rotatable bonds is 3. The standard InChI is InChI=1S/C23H32O6/c1-13(24)29-12-19(27)23(28)9-7-17-16-5-4-14-10-15(25)6-8-21(14,2)20(16)18(26)11-22(17,23)3/h10,16-17,19-20,27-28H,4-9,11-12H2,1-3H3/t16-,17-,19-,20+,21+,22-,23-/m1/s1. The maximum Gasteiger partial charge on any atom is 0.302 e. The number of Topliss-reactive ketones (excluding diaryl/α,β-unsaturated/α-hetero) is 1. The minimum Gasteiger partial charge on any atom is -0.463 e. The van der Waals surface area contributed by atoms with E-state index < -0.39 is 23.1 Å². The maximum absolute atomic E-state index is 13.5. The van der Waals surface area contributed by atoms with Crippen LogP contribution in [-0.2, 0) is 19.1 Å². The highest BCUT2D eigenvalue weighted by Crippen LogP contribution is 2.67. The molecule has 4 rings (SSSR count). The fourth-order valence-electron chi connectivity index (χ4n) is 7.30. The van der Waals surface area contributed by atoms with Gasteiger partial charge in [-0.3, -0.25) is 14.4 Å². The summed E-state index contributed by atoms with van der Waals surface area (Å²) in [7, 11) is 0. The zero-order chi connectivity index (χ0) is 21.2. The summed E-state index contributed by atoms with van der Waals surface area (Å²) >= 11 is 0. The van der Waals surface area contributed by atoms with E-state index in [2.05, 4.69) is 6.92 Å². The molecule has 0 unspecified atom stereocenters. The van der Waals surface area contributed by atoms with Crippen LogP contribution in [0, 0.1) is 28.6 Å². The number of hydrogen-bond acceptors (Lipinski definition) is 6.